The third kappa shape index (κ3) is 2.67. The Morgan fingerprint density at radius 3 is 2.64 bits per heavy atom. The number of rotatable bonds is 3. The minimum atomic E-state index is -1.07. The molecule has 0 bridgehead atoms. The first kappa shape index (κ1) is 10.9. The summed E-state index contributed by atoms with van der Waals surface area (Å²) in [5, 5.41) is 8.41. The normalized spacial score (nSPS) is 10.2. The molecule has 0 aliphatic rings. The Hall–Kier alpha value is -1.16. The predicted octanol–water partition coefficient (Wildman–Crippen LogP) is 2.64. The van der Waals surface area contributed by atoms with Crippen LogP contribution in [-0.2, 0) is 11.2 Å². The Morgan fingerprint density at radius 1 is 1.43 bits per heavy atom. The Labute approximate surface area is 84.1 Å². The molecule has 0 spiro atoms. The number of aryl methyl sites for hydroxylation is 1. The molecule has 0 amide bonds. The van der Waals surface area contributed by atoms with E-state index in [-0.39, 0.29) is 23.4 Å². The van der Waals surface area contributed by atoms with E-state index in [0.717, 1.165) is 6.07 Å². The van der Waals surface area contributed by atoms with Crippen LogP contribution in [-0.4, -0.2) is 11.1 Å². The summed E-state index contributed by atoms with van der Waals surface area (Å²) in [5.41, 5.74) is -0.0163. The van der Waals surface area contributed by atoms with Crippen molar-refractivity contribution in [2.24, 2.45) is 0 Å². The van der Waals surface area contributed by atoms with Crippen LogP contribution in [0.4, 0.5) is 8.78 Å². The molecule has 76 valence electrons. The average molecular weight is 221 g/mol. The molecule has 1 aromatic carbocycles. The number of hydrogen-bond acceptors (Lipinski definition) is 1. The molecule has 0 heterocycles. The number of aliphatic carboxylic acids is 1. The van der Waals surface area contributed by atoms with Crippen LogP contribution < -0.4 is 0 Å². The van der Waals surface area contributed by atoms with Gasteiger partial charge in [-0.1, -0.05) is 11.6 Å². The van der Waals surface area contributed by atoms with Crippen molar-refractivity contribution in [1.82, 2.24) is 0 Å². The number of hydrogen-bond donors (Lipinski definition) is 1. The van der Waals surface area contributed by atoms with Crippen molar-refractivity contribution in [3.63, 3.8) is 0 Å². The fourth-order valence-corrected chi connectivity index (χ4v) is 1.26. The third-order valence-electron chi connectivity index (χ3n) is 1.68. The van der Waals surface area contributed by atoms with E-state index in [1.165, 1.54) is 6.07 Å². The molecule has 0 fully saturated rings. The predicted molar refractivity (Wildman–Crippen MR) is 47.3 cm³/mol. The first-order chi connectivity index (χ1) is 6.50. The van der Waals surface area contributed by atoms with E-state index >= 15 is 0 Å². The molecule has 0 saturated heterocycles. The van der Waals surface area contributed by atoms with Crippen LogP contribution in [0.15, 0.2) is 12.1 Å². The van der Waals surface area contributed by atoms with Crippen LogP contribution in [0.3, 0.4) is 0 Å². The zero-order valence-electron chi connectivity index (χ0n) is 7.06. The highest BCUT2D eigenvalue weighted by molar-refractivity contribution is 6.30. The van der Waals surface area contributed by atoms with E-state index in [9.17, 15) is 13.6 Å². The summed E-state index contributed by atoms with van der Waals surface area (Å²) in [4.78, 5) is 10.2. The van der Waals surface area contributed by atoms with Crippen molar-refractivity contribution in [2.45, 2.75) is 12.8 Å². The van der Waals surface area contributed by atoms with E-state index in [4.69, 9.17) is 16.7 Å². The van der Waals surface area contributed by atoms with Gasteiger partial charge >= 0.3 is 5.97 Å². The zero-order chi connectivity index (χ0) is 10.7. The molecule has 0 aliphatic heterocycles. The van der Waals surface area contributed by atoms with Crippen molar-refractivity contribution in [3.8, 4) is 0 Å². The minimum Gasteiger partial charge on any atom is -0.481 e. The van der Waals surface area contributed by atoms with E-state index in [1.807, 2.05) is 0 Å². The lowest BCUT2D eigenvalue weighted by Gasteiger charge is -2.02. The summed E-state index contributed by atoms with van der Waals surface area (Å²) < 4.78 is 25.8. The van der Waals surface area contributed by atoms with Crippen molar-refractivity contribution in [1.29, 1.82) is 0 Å². The summed E-state index contributed by atoms with van der Waals surface area (Å²) >= 11 is 5.48. The molecule has 0 aliphatic carbocycles. The molecular weight excluding hydrogens is 214 g/mol. The highest BCUT2D eigenvalue weighted by Gasteiger charge is 2.11. The Morgan fingerprint density at radius 2 is 2.07 bits per heavy atom. The van der Waals surface area contributed by atoms with Gasteiger partial charge in [0.25, 0.3) is 0 Å². The molecular formula is C9H7ClF2O2. The van der Waals surface area contributed by atoms with Crippen LogP contribution in [0.25, 0.3) is 0 Å². The number of halogens is 3. The number of carboxylic acids is 1. The molecule has 0 radical (unpaired) electrons. The van der Waals surface area contributed by atoms with Crippen molar-refractivity contribution >= 4 is 17.6 Å². The lowest BCUT2D eigenvalue weighted by molar-refractivity contribution is -0.136. The Balaban J connectivity index is 2.90. The van der Waals surface area contributed by atoms with E-state index in [2.05, 4.69) is 0 Å². The second-order valence-corrected chi connectivity index (χ2v) is 3.19. The Bertz CT molecular complexity index is 366. The molecule has 1 aromatic rings. The van der Waals surface area contributed by atoms with Gasteiger partial charge in [-0.2, -0.15) is 0 Å². The summed E-state index contributed by atoms with van der Waals surface area (Å²) in [6, 6.07) is 2.07. The first-order valence-electron chi connectivity index (χ1n) is 3.86. The number of benzene rings is 1. The highest BCUT2D eigenvalue weighted by atomic mass is 35.5. The van der Waals surface area contributed by atoms with Gasteiger partial charge in [-0.05, 0) is 24.1 Å². The molecule has 2 nitrogen and oxygen atoms in total. The van der Waals surface area contributed by atoms with Crippen LogP contribution in [0.1, 0.15) is 12.0 Å². The molecule has 0 unspecified atom stereocenters. The van der Waals surface area contributed by atoms with E-state index < -0.39 is 17.6 Å². The van der Waals surface area contributed by atoms with Crippen LogP contribution in [0.2, 0.25) is 5.02 Å². The molecule has 14 heavy (non-hydrogen) atoms. The van der Waals surface area contributed by atoms with Crippen LogP contribution in [0.5, 0.6) is 0 Å². The average Bonchev–Trinajstić information content (AvgIpc) is 2.08. The summed E-state index contributed by atoms with van der Waals surface area (Å²) in [6.45, 7) is 0. The van der Waals surface area contributed by atoms with Crippen molar-refractivity contribution in [3.05, 3.63) is 34.4 Å². The summed E-state index contributed by atoms with van der Waals surface area (Å²) in [7, 11) is 0. The highest BCUT2D eigenvalue weighted by Crippen LogP contribution is 2.19. The zero-order valence-corrected chi connectivity index (χ0v) is 7.81. The van der Waals surface area contributed by atoms with Gasteiger partial charge in [0.1, 0.15) is 0 Å². The third-order valence-corrected chi connectivity index (χ3v) is 1.89. The van der Waals surface area contributed by atoms with E-state index in [1.54, 1.807) is 0 Å². The summed E-state index contributed by atoms with van der Waals surface area (Å²) in [5.74, 6) is -3.15. The van der Waals surface area contributed by atoms with Gasteiger partial charge in [0.05, 0.1) is 0 Å². The number of carbonyl (C=O) groups is 1. The van der Waals surface area contributed by atoms with Crippen LogP contribution >= 0.6 is 11.6 Å². The molecule has 0 atom stereocenters. The monoisotopic (exact) mass is 220 g/mol. The second kappa shape index (κ2) is 4.37. The molecule has 5 heteroatoms. The topological polar surface area (TPSA) is 37.3 Å². The molecule has 0 saturated carbocycles. The lowest BCUT2D eigenvalue weighted by Crippen LogP contribution is -2.01. The standard InChI is InChI=1S/C9H7ClF2O2/c10-6-3-5(1-2-8(13)14)9(12)7(11)4-6/h3-4H,1-2H2,(H,13,14). The van der Waals surface area contributed by atoms with Gasteiger partial charge in [0.15, 0.2) is 11.6 Å². The minimum absolute atomic E-state index is 0.0163. The Kier molecular flexibility index (Phi) is 3.41. The van der Waals surface area contributed by atoms with Gasteiger partial charge in [0.2, 0.25) is 0 Å². The quantitative estimate of drug-likeness (QED) is 0.795. The maximum Gasteiger partial charge on any atom is 0.303 e. The van der Waals surface area contributed by atoms with Gasteiger partial charge in [-0.15, -0.1) is 0 Å². The smallest absolute Gasteiger partial charge is 0.303 e. The fraction of sp³-hybridized carbons (Fsp3) is 0.222. The van der Waals surface area contributed by atoms with Crippen molar-refractivity contribution in [2.75, 3.05) is 0 Å². The SMILES string of the molecule is O=C(O)CCc1cc(Cl)cc(F)c1F. The molecule has 1 N–H and O–H groups in total. The molecule has 0 aromatic heterocycles. The largest absolute Gasteiger partial charge is 0.481 e. The van der Waals surface area contributed by atoms with Gasteiger partial charge in [0, 0.05) is 11.4 Å². The van der Waals surface area contributed by atoms with Gasteiger partial charge in [-0.3, -0.25) is 4.79 Å². The van der Waals surface area contributed by atoms with Gasteiger partial charge in [-0.25, -0.2) is 8.78 Å². The molecule has 1 rings (SSSR count). The van der Waals surface area contributed by atoms with E-state index in [0.29, 0.717) is 0 Å². The van der Waals surface area contributed by atoms with Crippen LogP contribution in [0, 0.1) is 11.6 Å². The maximum absolute atomic E-state index is 13.0. The van der Waals surface area contributed by atoms with Gasteiger partial charge < -0.3 is 5.11 Å². The first-order valence-corrected chi connectivity index (χ1v) is 4.23. The van der Waals surface area contributed by atoms with Crippen molar-refractivity contribution < 1.29 is 18.7 Å². The fourth-order valence-electron chi connectivity index (χ4n) is 1.03. The maximum atomic E-state index is 13.0. The lowest BCUT2D eigenvalue weighted by atomic mass is 10.1. The second-order valence-electron chi connectivity index (χ2n) is 2.75. The summed E-state index contributed by atoms with van der Waals surface area (Å²) in [6.07, 6.45) is -0.324. The number of carboxylic acid groups (broad SMARTS) is 1.